The minimum Gasteiger partial charge on any atom is -0.338 e. The molecule has 1 heterocycles. The predicted molar refractivity (Wildman–Crippen MR) is 75.7 cm³/mol. The lowest BCUT2D eigenvalue weighted by atomic mass is 10.1. The van der Waals surface area contributed by atoms with Gasteiger partial charge in [0.15, 0.2) is 5.82 Å². The second-order valence-corrected chi connectivity index (χ2v) is 4.86. The number of halogens is 3. The molecule has 0 aliphatic rings. The van der Waals surface area contributed by atoms with Gasteiger partial charge in [-0.15, -0.1) is 5.10 Å². The van der Waals surface area contributed by atoms with Gasteiger partial charge < -0.3 is 5.32 Å². The van der Waals surface area contributed by atoms with Crippen molar-refractivity contribution in [1.29, 1.82) is 5.26 Å². The van der Waals surface area contributed by atoms with Crippen molar-refractivity contribution in [3.05, 3.63) is 46.6 Å². The molecule has 0 saturated carbocycles. The topological polar surface area (TPSA) is 61.6 Å². The minimum atomic E-state index is -4.27. The molecule has 0 fully saturated rings. The van der Waals surface area contributed by atoms with Crippen molar-refractivity contribution in [3.8, 4) is 6.07 Å². The van der Waals surface area contributed by atoms with E-state index in [0.29, 0.717) is 22.5 Å². The number of hydrogen-bond donors (Lipinski definition) is 1. The third-order valence-corrected chi connectivity index (χ3v) is 3.16. The summed E-state index contributed by atoms with van der Waals surface area (Å²) in [5.41, 5.74) is 2.21. The van der Waals surface area contributed by atoms with Gasteiger partial charge in [-0.05, 0) is 37.1 Å². The average Bonchev–Trinajstić information content (AvgIpc) is 2.42. The Morgan fingerprint density at radius 3 is 2.59 bits per heavy atom. The molecule has 22 heavy (non-hydrogen) atoms. The fourth-order valence-corrected chi connectivity index (χ4v) is 1.96. The van der Waals surface area contributed by atoms with Gasteiger partial charge >= 0.3 is 6.18 Å². The van der Waals surface area contributed by atoms with Gasteiger partial charge in [0.2, 0.25) is 0 Å². The van der Waals surface area contributed by atoms with E-state index in [0.717, 1.165) is 0 Å². The third kappa shape index (κ3) is 3.73. The van der Waals surface area contributed by atoms with E-state index in [1.165, 1.54) is 18.2 Å². The van der Waals surface area contributed by atoms with Crippen LogP contribution in [0.25, 0.3) is 0 Å². The van der Waals surface area contributed by atoms with Crippen molar-refractivity contribution < 1.29 is 13.2 Å². The highest BCUT2D eigenvalue weighted by molar-refractivity contribution is 5.64. The second kappa shape index (κ2) is 6.02. The fraction of sp³-hybridized carbons (Fsp3) is 0.267. The maximum Gasteiger partial charge on any atom is 0.393 e. The number of alkyl halides is 3. The Balaban J connectivity index is 2.31. The first-order valence-corrected chi connectivity index (χ1v) is 6.47. The van der Waals surface area contributed by atoms with Crippen molar-refractivity contribution >= 4 is 11.5 Å². The number of nitriles is 1. The van der Waals surface area contributed by atoms with Crippen LogP contribution in [-0.4, -0.2) is 16.4 Å². The molecule has 2 rings (SSSR count). The van der Waals surface area contributed by atoms with Gasteiger partial charge in [0.1, 0.15) is 11.6 Å². The molecule has 0 radical (unpaired) electrons. The molecule has 1 aromatic heterocycles. The summed E-state index contributed by atoms with van der Waals surface area (Å²) in [5, 5.41) is 19.9. The van der Waals surface area contributed by atoms with Crippen LogP contribution in [0.1, 0.15) is 22.4 Å². The van der Waals surface area contributed by atoms with Crippen molar-refractivity contribution in [3.63, 3.8) is 0 Å². The first kappa shape index (κ1) is 15.8. The molecule has 0 spiro atoms. The van der Waals surface area contributed by atoms with E-state index in [1.807, 2.05) is 6.07 Å². The molecular weight excluding hydrogens is 293 g/mol. The number of nitrogens with zero attached hydrogens (tertiary/aromatic N) is 3. The molecule has 1 aromatic carbocycles. The first-order chi connectivity index (χ1) is 10.3. The van der Waals surface area contributed by atoms with Crippen LogP contribution >= 0.6 is 0 Å². The van der Waals surface area contributed by atoms with Gasteiger partial charge in [-0.2, -0.15) is 23.5 Å². The van der Waals surface area contributed by atoms with E-state index < -0.39 is 12.6 Å². The van der Waals surface area contributed by atoms with Gasteiger partial charge in [0, 0.05) is 5.69 Å². The summed E-state index contributed by atoms with van der Waals surface area (Å²) >= 11 is 0. The summed E-state index contributed by atoms with van der Waals surface area (Å²) in [7, 11) is 0. The van der Waals surface area contributed by atoms with E-state index >= 15 is 0 Å². The van der Waals surface area contributed by atoms with E-state index in [2.05, 4.69) is 15.5 Å². The number of anilines is 2. The molecule has 0 amide bonds. The molecular formula is C15H13F3N4. The maximum absolute atomic E-state index is 12.4. The maximum atomic E-state index is 12.4. The molecule has 0 unspecified atom stereocenters. The highest BCUT2D eigenvalue weighted by Crippen LogP contribution is 2.25. The monoisotopic (exact) mass is 306 g/mol. The summed E-state index contributed by atoms with van der Waals surface area (Å²) in [5.74, 6) is 0.231. The van der Waals surface area contributed by atoms with E-state index in [1.54, 1.807) is 19.9 Å². The Morgan fingerprint density at radius 1 is 1.23 bits per heavy atom. The van der Waals surface area contributed by atoms with Crippen molar-refractivity contribution in [2.24, 2.45) is 0 Å². The smallest absolute Gasteiger partial charge is 0.338 e. The molecule has 0 aliphatic carbocycles. The molecule has 0 saturated heterocycles. The molecule has 0 atom stereocenters. The fourth-order valence-electron chi connectivity index (χ4n) is 1.96. The molecule has 0 bridgehead atoms. The summed E-state index contributed by atoms with van der Waals surface area (Å²) in [6, 6.07) is 7.94. The van der Waals surface area contributed by atoms with Gasteiger partial charge in [-0.1, -0.05) is 12.1 Å². The summed E-state index contributed by atoms with van der Waals surface area (Å²) < 4.78 is 37.3. The van der Waals surface area contributed by atoms with E-state index in [-0.39, 0.29) is 11.4 Å². The van der Waals surface area contributed by atoms with E-state index in [9.17, 15) is 18.4 Å². The van der Waals surface area contributed by atoms with Crippen molar-refractivity contribution in [2.45, 2.75) is 26.4 Å². The Morgan fingerprint density at radius 2 is 1.95 bits per heavy atom. The third-order valence-electron chi connectivity index (χ3n) is 3.16. The highest BCUT2D eigenvalue weighted by atomic mass is 19.4. The molecule has 4 nitrogen and oxygen atoms in total. The van der Waals surface area contributed by atoms with Crippen LogP contribution in [0.5, 0.6) is 0 Å². The lowest BCUT2D eigenvalue weighted by Gasteiger charge is -2.11. The number of benzene rings is 1. The normalized spacial score (nSPS) is 11.1. The number of hydrogen-bond acceptors (Lipinski definition) is 4. The standard InChI is InChI=1S/C15H13F3N4/c1-9-10(2)21-22-14(13(9)8-19)20-12-5-3-4-11(6-12)7-15(16,17)18/h3-6H,7H2,1-2H3,(H,20,22). The Bertz CT molecular complexity index is 733. The summed E-state index contributed by atoms with van der Waals surface area (Å²) in [6.07, 6.45) is -5.27. The predicted octanol–water partition coefficient (Wildman–Crippen LogP) is 3.81. The second-order valence-electron chi connectivity index (χ2n) is 4.86. The number of aromatic nitrogens is 2. The van der Waals surface area contributed by atoms with Crippen LogP contribution in [0.4, 0.5) is 24.7 Å². The Labute approximate surface area is 125 Å². The molecule has 1 N–H and O–H groups in total. The van der Waals surface area contributed by atoms with Crippen LogP contribution in [0.15, 0.2) is 24.3 Å². The van der Waals surface area contributed by atoms with E-state index in [4.69, 9.17) is 0 Å². The number of nitrogens with one attached hydrogen (secondary N) is 1. The molecule has 0 aliphatic heterocycles. The van der Waals surface area contributed by atoms with Crippen LogP contribution < -0.4 is 5.32 Å². The van der Waals surface area contributed by atoms with Gasteiger partial charge in [-0.25, -0.2) is 0 Å². The lowest BCUT2D eigenvalue weighted by molar-refractivity contribution is -0.127. The zero-order chi connectivity index (χ0) is 16.3. The number of aryl methyl sites for hydroxylation is 1. The van der Waals surface area contributed by atoms with Gasteiger partial charge in [0.25, 0.3) is 0 Å². The van der Waals surface area contributed by atoms with Crippen LogP contribution in [0.2, 0.25) is 0 Å². The zero-order valence-corrected chi connectivity index (χ0v) is 12.0. The van der Waals surface area contributed by atoms with Crippen LogP contribution in [0, 0.1) is 25.2 Å². The highest BCUT2D eigenvalue weighted by Gasteiger charge is 2.27. The lowest BCUT2D eigenvalue weighted by Crippen LogP contribution is -2.11. The van der Waals surface area contributed by atoms with Crippen LogP contribution in [0.3, 0.4) is 0 Å². The summed E-state index contributed by atoms with van der Waals surface area (Å²) in [4.78, 5) is 0. The average molecular weight is 306 g/mol. The summed E-state index contributed by atoms with van der Waals surface area (Å²) in [6.45, 7) is 3.48. The van der Waals surface area contributed by atoms with Crippen molar-refractivity contribution in [2.75, 3.05) is 5.32 Å². The van der Waals surface area contributed by atoms with Gasteiger partial charge in [-0.3, -0.25) is 0 Å². The molecule has 7 heteroatoms. The Hall–Kier alpha value is -2.62. The number of rotatable bonds is 3. The molecule has 114 valence electrons. The Kier molecular flexibility index (Phi) is 4.31. The quantitative estimate of drug-likeness (QED) is 0.936. The molecule has 2 aromatic rings. The SMILES string of the molecule is Cc1nnc(Nc2cccc(CC(F)(F)F)c2)c(C#N)c1C. The first-order valence-electron chi connectivity index (χ1n) is 6.47. The van der Waals surface area contributed by atoms with Crippen LogP contribution in [-0.2, 0) is 6.42 Å². The van der Waals surface area contributed by atoms with Gasteiger partial charge in [0.05, 0.1) is 12.1 Å². The zero-order valence-electron chi connectivity index (χ0n) is 12.0. The largest absolute Gasteiger partial charge is 0.393 e. The van der Waals surface area contributed by atoms with Crippen molar-refractivity contribution in [1.82, 2.24) is 10.2 Å². The minimum absolute atomic E-state index is 0.132.